The van der Waals surface area contributed by atoms with E-state index >= 15 is 0 Å². The molecule has 0 aromatic carbocycles. The smallest absolute Gasteiger partial charge is 0.224 e. The molecule has 1 saturated heterocycles. The van der Waals surface area contributed by atoms with Gasteiger partial charge in [-0.1, -0.05) is 6.92 Å². The predicted molar refractivity (Wildman–Crippen MR) is 63.1 cm³/mol. The van der Waals surface area contributed by atoms with E-state index in [1.807, 2.05) is 0 Å². The second-order valence-corrected chi connectivity index (χ2v) is 4.58. The summed E-state index contributed by atoms with van der Waals surface area (Å²) in [5, 5.41) is 3.24. The summed E-state index contributed by atoms with van der Waals surface area (Å²) in [7, 11) is 0. The number of hydrogen-bond donors (Lipinski definition) is 2. The lowest BCUT2D eigenvalue weighted by atomic mass is 9.82. The Morgan fingerprint density at radius 1 is 1.50 bits per heavy atom. The average Bonchev–Trinajstić information content (AvgIpc) is 2.28. The summed E-state index contributed by atoms with van der Waals surface area (Å²) in [6.45, 7) is 4.81. The van der Waals surface area contributed by atoms with E-state index in [4.69, 9.17) is 10.5 Å². The highest BCUT2D eigenvalue weighted by molar-refractivity contribution is 5.35. The predicted octanol–water partition coefficient (Wildman–Crippen LogP) is 1.29. The minimum Gasteiger partial charge on any atom is -0.384 e. The molecular formula is C11H18N4O. The Bertz CT molecular complexity index is 350. The van der Waals surface area contributed by atoms with Crippen molar-refractivity contribution < 1.29 is 4.74 Å². The zero-order chi connectivity index (χ0) is 11.4. The molecule has 3 N–H and O–H groups in total. The molecule has 2 heterocycles. The standard InChI is InChI=1S/C11H18N4O/c1-11(3-6-16-7-4-11)8-14-10-13-5-2-9(12)15-10/h2,5H,3-4,6-8H2,1H3,(H3,12,13,14,15). The summed E-state index contributed by atoms with van der Waals surface area (Å²) in [5.74, 6) is 1.10. The van der Waals surface area contributed by atoms with Crippen LogP contribution in [0.4, 0.5) is 11.8 Å². The second kappa shape index (κ2) is 4.65. The van der Waals surface area contributed by atoms with Crippen LogP contribution in [0.1, 0.15) is 19.8 Å². The Hall–Kier alpha value is -1.36. The Morgan fingerprint density at radius 3 is 2.94 bits per heavy atom. The van der Waals surface area contributed by atoms with Crippen LogP contribution in [0.2, 0.25) is 0 Å². The zero-order valence-corrected chi connectivity index (χ0v) is 9.57. The topological polar surface area (TPSA) is 73.1 Å². The van der Waals surface area contributed by atoms with Crippen molar-refractivity contribution in [1.29, 1.82) is 0 Å². The van der Waals surface area contributed by atoms with Crippen molar-refractivity contribution in [1.82, 2.24) is 9.97 Å². The molecule has 0 saturated carbocycles. The number of anilines is 2. The van der Waals surface area contributed by atoms with Gasteiger partial charge < -0.3 is 15.8 Å². The molecule has 0 radical (unpaired) electrons. The van der Waals surface area contributed by atoms with Crippen LogP contribution in [0.3, 0.4) is 0 Å². The molecule has 1 aliphatic rings. The van der Waals surface area contributed by atoms with E-state index in [1.54, 1.807) is 12.3 Å². The molecule has 2 rings (SSSR count). The molecule has 0 bridgehead atoms. The van der Waals surface area contributed by atoms with Gasteiger partial charge in [0.25, 0.3) is 0 Å². The Kier molecular flexibility index (Phi) is 3.24. The molecule has 5 heteroatoms. The lowest BCUT2D eigenvalue weighted by Crippen LogP contribution is -2.33. The van der Waals surface area contributed by atoms with Gasteiger partial charge in [-0.05, 0) is 24.3 Å². The molecule has 1 aliphatic heterocycles. The van der Waals surface area contributed by atoms with Crippen LogP contribution in [-0.2, 0) is 4.74 Å². The largest absolute Gasteiger partial charge is 0.384 e. The first-order chi connectivity index (χ1) is 7.68. The van der Waals surface area contributed by atoms with E-state index in [0.717, 1.165) is 32.6 Å². The van der Waals surface area contributed by atoms with Crippen molar-refractivity contribution in [2.75, 3.05) is 30.8 Å². The maximum Gasteiger partial charge on any atom is 0.224 e. The number of nitrogens with zero attached hydrogens (tertiary/aromatic N) is 2. The van der Waals surface area contributed by atoms with Gasteiger partial charge in [0.1, 0.15) is 5.82 Å². The summed E-state index contributed by atoms with van der Waals surface area (Å²) in [4.78, 5) is 8.23. The molecule has 1 fully saturated rings. The number of nitrogens with one attached hydrogen (secondary N) is 1. The maximum absolute atomic E-state index is 5.59. The first-order valence-corrected chi connectivity index (χ1v) is 5.58. The van der Waals surface area contributed by atoms with Gasteiger partial charge in [-0.15, -0.1) is 0 Å². The quantitative estimate of drug-likeness (QED) is 0.806. The summed E-state index contributed by atoms with van der Waals surface area (Å²) in [5.41, 5.74) is 5.86. The van der Waals surface area contributed by atoms with E-state index in [-0.39, 0.29) is 5.41 Å². The molecule has 1 aromatic heterocycles. The van der Waals surface area contributed by atoms with Crippen molar-refractivity contribution in [3.63, 3.8) is 0 Å². The van der Waals surface area contributed by atoms with Crippen molar-refractivity contribution in [2.45, 2.75) is 19.8 Å². The molecule has 0 amide bonds. The van der Waals surface area contributed by atoms with E-state index < -0.39 is 0 Å². The van der Waals surface area contributed by atoms with Crippen LogP contribution in [0.25, 0.3) is 0 Å². The van der Waals surface area contributed by atoms with Crippen molar-refractivity contribution in [3.05, 3.63) is 12.3 Å². The van der Waals surface area contributed by atoms with Gasteiger partial charge in [0.15, 0.2) is 0 Å². The summed E-state index contributed by atoms with van der Waals surface area (Å²) in [6.07, 6.45) is 3.81. The fourth-order valence-corrected chi connectivity index (χ4v) is 1.79. The van der Waals surface area contributed by atoms with Gasteiger partial charge in [-0.25, -0.2) is 4.98 Å². The lowest BCUT2D eigenvalue weighted by molar-refractivity contribution is 0.0299. The molecule has 0 atom stereocenters. The monoisotopic (exact) mass is 222 g/mol. The number of hydrogen-bond acceptors (Lipinski definition) is 5. The number of aromatic nitrogens is 2. The Morgan fingerprint density at radius 2 is 2.25 bits per heavy atom. The minimum atomic E-state index is 0.270. The van der Waals surface area contributed by atoms with E-state index in [2.05, 4.69) is 22.2 Å². The van der Waals surface area contributed by atoms with Gasteiger partial charge in [-0.2, -0.15) is 4.98 Å². The van der Waals surface area contributed by atoms with Crippen molar-refractivity contribution in [3.8, 4) is 0 Å². The Labute approximate surface area is 95.4 Å². The third kappa shape index (κ3) is 2.82. The molecule has 0 aliphatic carbocycles. The van der Waals surface area contributed by atoms with Crippen LogP contribution in [-0.4, -0.2) is 29.7 Å². The van der Waals surface area contributed by atoms with Gasteiger partial charge in [0.05, 0.1) is 0 Å². The fourth-order valence-electron chi connectivity index (χ4n) is 1.79. The van der Waals surface area contributed by atoms with Crippen LogP contribution >= 0.6 is 0 Å². The fraction of sp³-hybridized carbons (Fsp3) is 0.636. The van der Waals surface area contributed by atoms with Crippen LogP contribution in [0.15, 0.2) is 12.3 Å². The number of nitrogen functional groups attached to an aromatic ring is 1. The van der Waals surface area contributed by atoms with Crippen LogP contribution in [0, 0.1) is 5.41 Å². The van der Waals surface area contributed by atoms with E-state index in [0.29, 0.717) is 11.8 Å². The first kappa shape index (κ1) is 11.1. The van der Waals surface area contributed by atoms with E-state index in [1.165, 1.54) is 0 Å². The van der Waals surface area contributed by atoms with Gasteiger partial charge in [0, 0.05) is 26.0 Å². The normalized spacial score (nSPS) is 19.3. The van der Waals surface area contributed by atoms with Crippen LogP contribution < -0.4 is 11.1 Å². The Balaban J connectivity index is 1.91. The molecule has 0 unspecified atom stereocenters. The molecule has 88 valence electrons. The van der Waals surface area contributed by atoms with Gasteiger partial charge in [0.2, 0.25) is 5.95 Å². The van der Waals surface area contributed by atoms with Crippen molar-refractivity contribution >= 4 is 11.8 Å². The third-order valence-electron chi connectivity index (χ3n) is 3.05. The lowest BCUT2D eigenvalue weighted by Gasteiger charge is -2.33. The SMILES string of the molecule is CC1(CNc2nccc(N)n2)CCOCC1. The highest BCUT2D eigenvalue weighted by Crippen LogP contribution is 2.29. The van der Waals surface area contributed by atoms with E-state index in [9.17, 15) is 0 Å². The highest BCUT2D eigenvalue weighted by Gasteiger charge is 2.27. The average molecular weight is 222 g/mol. The van der Waals surface area contributed by atoms with Gasteiger partial charge in [-0.3, -0.25) is 0 Å². The number of ether oxygens (including phenoxy) is 1. The van der Waals surface area contributed by atoms with Crippen LogP contribution in [0.5, 0.6) is 0 Å². The molecular weight excluding hydrogens is 204 g/mol. The number of rotatable bonds is 3. The summed E-state index contributed by atoms with van der Waals surface area (Å²) >= 11 is 0. The molecule has 1 aromatic rings. The highest BCUT2D eigenvalue weighted by atomic mass is 16.5. The minimum absolute atomic E-state index is 0.270. The molecule has 5 nitrogen and oxygen atoms in total. The maximum atomic E-state index is 5.59. The second-order valence-electron chi connectivity index (χ2n) is 4.58. The molecule has 16 heavy (non-hydrogen) atoms. The van der Waals surface area contributed by atoms with Gasteiger partial charge >= 0.3 is 0 Å². The first-order valence-electron chi connectivity index (χ1n) is 5.58. The zero-order valence-electron chi connectivity index (χ0n) is 9.57. The van der Waals surface area contributed by atoms with Crippen molar-refractivity contribution in [2.24, 2.45) is 5.41 Å². The molecule has 0 spiro atoms. The number of nitrogens with two attached hydrogens (primary N) is 1. The summed E-state index contributed by atoms with van der Waals surface area (Å²) < 4.78 is 5.36. The summed E-state index contributed by atoms with van der Waals surface area (Å²) in [6, 6.07) is 1.68. The third-order valence-corrected chi connectivity index (χ3v) is 3.05.